The lowest BCUT2D eigenvalue weighted by Crippen LogP contribution is -2.26. The second-order valence-electron chi connectivity index (χ2n) is 4.96. The molecule has 116 valence electrons. The van der Waals surface area contributed by atoms with Crippen LogP contribution in [0.15, 0.2) is 46.4 Å². The molecule has 4 rings (SSSR count). The molecule has 0 atom stereocenters. The molecule has 0 fully saturated rings. The molecule has 0 saturated heterocycles. The van der Waals surface area contributed by atoms with Gasteiger partial charge >= 0.3 is 0 Å². The van der Waals surface area contributed by atoms with Crippen LogP contribution < -0.4 is 10.0 Å². The average Bonchev–Trinajstić information content (AvgIpc) is 2.97. The van der Waals surface area contributed by atoms with Gasteiger partial charge in [0.15, 0.2) is 0 Å². The van der Waals surface area contributed by atoms with Gasteiger partial charge in [0.2, 0.25) is 5.96 Å². The summed E-state index contributed by atoms with van der Waals surface area (Å²) >= 11 is 13.5. The zero-order valence-corrected chi connectivity index (χ0v) is 13.9. The van der Waals surface area contributed by atoms with E-state index in [2.05, 4.69) is 20.0 Å². The molecule has 23 heavy (non-hydrogen) atoms. The predicted octanol–water partition coefficient (Wildman–Crippen LogP) is 4.89. The van der Waals surface area contributed by atoms with E-state index in [1.54, 1.807) is 6.07 Å². The summed E-state index contributed by atoms with van der Waals surface area (Å²) < 4.78 is 3.07. The molecule has 2 aromatic carbocycles. The number of halogens is 2. The van der Waals surface area contributed by atoms with Crippen molar-refractivity contribution in [2.45, 2.75) is 4.90 Å². The van der Waals surface area contributed by atoms with Gasteiger partial charge in [-0.2, -0.15) is 0 Å². The van der Waals surface area contributed by atoms with Crippen LogP contribution in [0, 0.1) is 0 Å². The van der Waals surface area contributed by atoms with Gasteiger partial charge in [-0.1, -0.05) is 23.2 Å². The normalized spacial score (nSPS) is 13.4. The van der Waals surface area contributed by atoms with Gasteiger partial charge in [0.05, 0.1) is 15.4 Å². The van der Waals surface area contributed by atoms with E-state index in [0.717, 1.165) is 21.5 Å². The molecular weight excluding hydrogens is 355 g/mol. The van der Waals surface area contributed by atoms with Crippen LogP contribution in [0.1, 0.15) is 0 Å². The van der Waals surface area contributed by atoms with E-state index in [4.69, 9.17) is 23.2 Å². The number of guanidine groups is 1. The summed E-state index contributed by atoms with van der Waals surface area (Å²) in [5.41, 5.74) is 2.17. The van der Waals surface area contributed by atoms with Crippen LogP contribution in [-0.4, -0.2) is 16.1 Å². The van der Waals surface area contributed by atoms with Crippen molar-refractivity contribution in [3.05, 3.63) is 46.6 Å². The van der Waals surface area contributed by atoms with E-state index in [1.165, 1.54) is 18.0 Å². The minimum absolute atomic E-state index is 0.0416. The Morgan fingerprint density at radius 3 is 2.91 bits per heavy atom. The van der Waals surface area contributed by atoms with Crippen molar-refractivity contribution < 1.29 is 5.11 Å². The van der Waals surface area contributed by atoms with E-state index < -0.39 is 0 Å². The quantitative estimate of drug-likeness (QED) is 0.464. The first-order chi connectivity index (χ1) is 11.1. The fraction of sp³-hybridized carbons (Fsp3) is 0. The lowest BCUT2D eigenvalue weighted by atomic mass is 10.2. The Hall–Kier alpha value is -2.02. The molecule has 0 unspecified atom stereocenters. The summed E-state index contributed by atoms with van der Waals surface area (Å²) in [6, 6.07) is 8.93. The van der Waals surface area contributed by atoms with Gasteiger partial charge < -0.3 is 15.4 Å². The molecule has 1 aromatic heterocycles. The monoisotopic (exact) mass is 364 g/mol. The van der Waals surface area contributed by atoms with Gasteiger partial charge in [-0.25, -0.2) is 4.99 Å². The third-order valence-electron chi connectivity index (χ3n) is 3.37. The number of anilines is 1. The molecule has 0 spiro atoms. The Morgan fingerprint density at radius 2 is 2.04 bits per heavy atom. The SMILES string of the molecule is Oc1cc(Cl)cc2c1N=C(Nc1cc(Cl)c3[nH]ccc3c1)NS2. The van der Waals surface area contributed by atoms with Crippen LogP contribution in [0.3, 0.4) is 0 Å². The molecular formula is C15H10Cl2N4OS. The number of rotatable bonds is 1. The van der Waals surface area contributed by atoms with Crippen LogP contribution in [0.4, 0.5) is 11.4 Å². The molecule has 0 radical (unpaired) electrons. The molecule has 1 aliphatic rings. The van der Waals surface area contributed by atoms with Crippen LogP contribution in [0.5, 0.6) is 5.75 Å². The fourth-order valence-corrected chi connectivity index (χ4v) is 3.67. The molecule has 5 nitrogen and oxygen atoms in total. The van der Waals surface area contributed by atoms with Crippen LogP contribution >= 0.6 is 35.1 Å². The second kappa shape index (κ2) is 5.56. The number of aromatic hydroxyl groups is 1. The topological polar surface area (TPSA) is 72.4 Å². The van der Waals surface area contributed by atoms with Gasteiger partial charge in [0, 0.05) is 28.4 Å². The molecule has 0 aliphatic carbocycles. The Kier molecular flexibility index (Phi) is 3.52. The van der Waals surface area contributed by atoms with Gasteiger partial charge in [-0.05, 0) is 36.2 Å². The van der Waals surface area contributed by atoms with E-state index in [-0.39, 0.29) is 5.75 Å². The first-order valence-corrected chi connectivity index (χ1v) is 8.25. The number of fused-ring (bicyclic) bond motifs is 2. The Morgan fingerprint density at radius 1 is 1.17 bits per heavy atom. The van der Waals surface area contributed by atoms with Gasteiger partial charge in [0.1, 0.15) is 11.4 Å². The lowest BCUT2D eigenvalue weighted by Gasteiger charge is -2.18. The first-order valence-electron chi connectivity index (χ1n) is 6.68. The van der Waals surface area contributed by atoms with Crippen molar-refractivity contribution in [3.63, 3.8) is 0 Å². The summed E-state index contributed by atoms with van der Waals surface area (Å²) in [5.74, 6) is 0.547. The summed E-state index contributed by atoms with van der Waals surface area (Å²) in [5, 5.41) is 15.2. The van der Waals surface area contributed by atoms with Crippen molar-refractivity contribution in [1.29, 1.82) is 0 Å². The summed E-state index contributed by atoms with van der Waals surface area (Å²) in [6.45, 7) is 0. The molecule has 1 aliphatic heterocycles. The number of nitrogens with zero attached hydrogens (tertiary/aromatic N) is 1. The number of hydrogen-bond acceptors (Lipinski definition) is 5. The highest BCUT2D eigenvalue weighted by atomic mass is 35.5. The number of benzene rings is 2. The van der Waals surface area contributed by atoms with Gasteiger partial charge in [-0.15, -0.1) is 0 Å². The molecule has 0 amide bonds. The van der Waals surface area contributed by atoms with Crippen molar-refractivity contribution in [2.24, 2.45) is 4.99 Å². The minimum atomic E-state index is 0.0416. The van der Waals surface area contributed by atoms with E-state index >= 15 is 0 Å². The maximum Gasteiger partial charge on any atom is 0.211 e. The number of hydrogen-bond donors (Lipinski definition) is 4. The van der Waals surface area contributed by atoms with Crippen molar-refractivity contribution in [2.75, 3.05) is 5.32 Å². The van der Waals surface area contributed by atoms with Crippen LogP contribution in [0.2, 0.25) is 10.0 Å². The highest BCUT2D eigenvalue weighted by Gasteiger charge is 2.17. The molecule has 8 heteroatoms. The number of phenols is 1. The van der Waals surface area contributed by atoms with Crippen LogP contribution in [0.25, 0.3) is 10.9 Å². The minimum Gasteiger partial charge on any atom is -0.506 e. The van der Waals surface area contributed by atoms with E-state index in [0.29, 0.717) is 21.7 Å². The zero-order valence-electron chi connectivity index (χ0n) is 11.5. The Labute approximate surface area is 145 Å². The standard InChI is InChI=1S/C15H10Cl2N4OS/c16-8-4-11(22)14-12(5-8)23-21-15(20-14)19-9-3-7-1-2-18-13(7)10(17)6-9/h1-6,18,22H,(H2,19,20,21). The van der Waals surface area contributed by atoms with Crippen molar-refractivity contribution >= 4 is 63.4 Å². The second-order valence-corrected chi connectivity index (χ2v) is 6.65. The third-order valence-corrected chi connectivity index (χ3v) is 4.72. The molecule has 4 N–H and O–H groups in total. The third kappa shape index (κ3) is 2.69. The van der Waals surface area contributed by atoms with Gasteiger partial charge in [-0.3, -0.25) is 4.72 Å². The highest BCUT2D eigenvalue weighted by Crippen LogP contribution is 2.41. The van der Waals surface area contributed by atoms with Crippen molar-refractivity contribution in [3.8, 4) is 5.75 Å². The number of aliphatic imine (C=N–C) groups is 1. The average molecular weight is 365 g/mol. The zero-order chi connectivity index (χ0) is 16.0. The maximum absolute atomic E-state index is 9.99. The van der Waals surface area contributed by atoms with E-state index in [1.807, 2.05) is 24.4 Å². The predicted molar refractivity (Wildman–Crippen MR) is 96.1 cm³/mol. The smallest absolute Gasteiger partial charge is 0.211 e. The summed E-state index contributed by atoms with van der Waals surface area (Å²) in [4.78, 5) is 8.25. The van der Waals surface area contributed by atoms with E-state index in [9.17, 15) is 5.11 Å². The number of nitrogens with one attached hydrogen (secondary N) is 3. The fourth-order valence-electron chi connectivity index (χ4n) is 2.38. The number of aromatic nitrogens is 1. The maximum atomic E-state index is 9.99. The number of H-pyrrole nitrogens is 1. The Bertz CT molecular complexity index is 954. The largest absolute Gasteiger partial charge is 0.506 e. The molecule has 0 saturated carbocycles. The first kappa shape index (κ1) is 14.6. The molecule has 0 bridgehead atoms. The summed E-state index contributed by atoms with van der Waals surface area (Å²) in [6.07, 6.45) is 1.84. The molecule has 3 aromatic rings. The number of aromatic amines is 1. The lowest BCUT2D eigenvalue weighted by molar-refractivity contribution is 0.475. The van der Waals surface area contributed by atoms with Crippen molar-refractivity contribution in [1.82, 2.24) is 9.71 Å². The number of phenolic OH excluding ortho intramolecular Hbond substituents is 1. The van der Waals surface area contributed by atoms with Crippen LogP contribution in [-0.2, 0) is 0 Å². The Balaban J connectivity index is 1.69. The van der Waals surface area contributed by atoms with Gasteiger partial charge in [0.25, 0.3) is 0 Å². The highest BCUT2D eigenvalue weighted by molar-refractivity contribution is 7.98. The molecule has 2 heterocycles. The summed E-state index contributed by atoms with van der Waals surface area (Å²) in [7, 11) is 0.